The minimum absolute atomic E-state index is 0.146. The van der Waals surface area contributed by atoms with Crippen LogP contribution < -0.4 is 11.1 Å². The van der Waals surface area contributed by atoms with Crippen LogP contribution in [0.1, 0.15) is 29.8 Å². The molecule has 0 radical (unpaired) electrons. The van der Waals surface area contributed by atoms with Crippen molar-refractivity contribution < 1.29 is 9.90 Å². The van der Waals surface area contributed by atoms with Gasteiger partial charge in [-0.25, -0.2) is 0 Å². The van der Waals surface area contributed by atoms with Crippen LogP contribution in [0.25, 0.3) is 0 Å². The first-order valence-electron chi connectivity index (χ1n) is 6.63. The molecule has 0 unspecified atom stereocenters. The van der Waals surface area contributed by atoms with E-state index >= 15 is 0 Å². The van der Waals surface area contributed by atoms with E-state index in [-0.39, 0.29) is 17.0 Å². The first-order valence-corrected chi connectivity index (χ1v) is 7.01. The Kier molecular flexibility index (Phi) is 6.06. The fraction of sp³-hybridized carbons (Fsp3) is 0.188. The third-order valence-corrected chi connectivity index (χ3v) is 2.88. The van der Waals surface area contributed by atoms with Crippen molar-refractivity contribution >= 4 is 28.9 Å². The quantitative estimate of drug-likeness (QED) is 0.574. The number of amides is 1. The molecule has 0 aromatic heterocycles. The largest absolute Gasteiger partial charge is 0.505 e. The summed E-state index contributed by atoms with van der Waals surface area (Å²) in [5.74, 6) is -0.632. The smallest absolute Gasteiger partial charge is 0.259 e. The van der Waals surface area contributed by atoms with Crippen LogP contribution in [0.3, 0.4) is 0 Å². The normalized spacial score (nSPS) is 9.52. The second-order valence-corrected chi connectivity index (χ2v) is 4.65. The molecule has 21 heavy (non-hydrogen) atoms. The molecule has 0 fully saturated rings. The van der Waals surface area contributed by atoms with E-state index < -0.39 is 5.91 Å². The summed E-state index contributed by atoms with van der Waals surface area (Å²) in [7, 11) is 0. The van der Waals surface area contributed by atoms with Gasteiger partial charge in [-0.3, -0.25) is 4.79 Å². The zero-order chi connectivity index (χ0) is 16.0. The average molecular weight is 307 g/mol. The van der Waals surface area contributed by atoms with Gasteiger partial charge in [-0.15, -0.1) is 0 Å². The molecule has 4 nitrogen and oxygen atoms in total. The molecule has 0 aliphatic carbocycles. The number of halogens is 1. The lowest BCUT2D eigenvalue weighted by atomic mass is 10.1. The van der Waals surface area contributed by atoms with E-state index in [1.165, 1.54) is 0 Å². The zero-order valence-electron chi connectivity index (χ0n) is 12.3. The highest BCUT2D eigenvalue weighted by molar-refractivity contribution is 6.30. The standard InChI is InChI=1S/C14H13ClN2O2.C2H6/c1-8-6-11(13(18)12(16)7-8)14(19)17-10-4-2-9(15)3-5-10;1-2/h2-7,18H,16H2,1H3,(H,17,19);1-2H3. The van der Waals surface area contributed by atoms with Crippen LogP contribution in [0.15, 0.2) is 36.4 Å². The van der Waals surface area contributed by atoms with Gasteiger partial charge >= 0.3 is 0 Å². The first kappa shape index (κ1) is 16.9. The maximum absolute atomic E-state index is 12.1. The summed E-state index contributed by atoms with van der Waals surface area (Å²) in [6.45, 7) is 5.80. The SMILES string of the molecule is CC.Cc1cc(N)c(O)c(C(=O)Nc2ccc(Cl)cc2)c1. The Morgan fingerprint density at radius 3 is 2.33 bits per heavy atom. The number of anilines is 2. The maximum atomic E-state index is 12.1. The zero-order valence-corrected chi connectivity index (χ0v) is 13.0. The van der Waals surface area contributed by atoms with Gasteiger partial charge in [0.05, 0.1) is 11.3 Å². The molecule has 5 heteroatoms. The number of benzene rings is 2. The molecule has 0 aliphatic heterocycles. The lowest BCUT2D eigenvalue weighted by Crippen LogP contribution is -2.13. The van der Waals surface area contributed by atoms with Crippen LogP contribution in [0, 0.1) is 6.92 Å². The molecule has 2 rings (SSSR count). The van der Waals surface area contributed by atoms with Crippen molar-refractivity contribution in [2.75, 3.05) is 11.1 Å². The van der Waals surface area contributed by atoms with E-state index in [0.717, 1.165) is 5.56 Å². The van der Waals surface area contributed by atoms with Gasteiger partial charge in [-0.05, 0) is 48.9 Å². The number of nitrogens with one attached hydrogen (secondary N) is 1. The Balaban J connectivity index is 0.00000106. The molecule has 0 aliphatic rings. The minimum atomic E-state index is -0.421. The van der Waals surface area contributed by atoms with E-state index in [0.29, 0.717) is 10.7 Å². The number of carbonyl (C=O) groups is 1. The van der Waals surface area contributed by atoms with Crippen molar-refractivity contribution in [1.29, 1.82) is 0 Å². The summed E-state index contributed by atoms with van der Waals surface area (Å²) >= 11 is 5.76. The van der Waals surface area contributed by atoms with Crippen LogP contribution in [0.4, 0.5) is 11.4 Å². The number of aromatic hydroxyl groups is 1. The second-order valence-electron chi connectivity index (χ2n) is 4.21. The van der Waals surface area contributed by atoms with E-state index in [2.05, 4.69) is 5.32 Å². The van der Waals surface area contributed by atoms with Gasteiger partial charge in [0, 0.05) is 10.7 Å². The summed E-state index contributed by atoms with van der Waals surface area (Å²) < 4.78 is 0. The number of carbonyl (C=O) groups excluding carboxylic acids is 1. The highest BCUT2D eigenvalue weighted by Crippen LogP contribution is 2.27. The molecule has 0 atom stereocenters. The number of aryl methyl sites for hydroxylation is 1. The van der Waals surface area contributed by atoms with Crippen LogP contribution in [0.5, 0.6) is 5.75 Å². The van der Waals surface area contributed by atoms with E-state index in [1.807, 2.05) is 13.8 Å². The van der Waals surface area contributed by atoms with Crippen LogP contribution in [-0.4, -0.2) is 11.0 Å². The number of phenolic OH excluding ortho intramolecular Hbond substituents is 1. The van der Waals surface area contributed by atoms with E-state index in [4.69, 9.17) is 17.3 Å². The lowest BCUT2D eigenvalue weighted by molar-refractivity contribution is 0.102. The molecule has 0 bridgehead atoms. The van der Waals surface area contributed by atoms with E-state index in [1.54, 1.807) is 43.3 Å². The summed E-state index contributed by atoms with van der Waals surface area (Å²) in [5, 5.41) is 13.1. The number of hydrogen-bond acceptors (Lipinski definition) is 3. The van der Waals surface area contributed by atoms with Crippen molar-refractivity contribution in [3.63, 3.8) is 0 Å². The van der Waals surface area contributed by atoms with Crippen LogP contribution in [0.2, 0.25) is 5.02 Å². The number of nitrogen functional groups attached to an aromatic ring is 1. The van der Waals surface area contributed by atoms with Gasteiger partial charge in [0.15, 0.2) is 5.75 Å². The third kappa shape index (κ3) is 4.39. The fourth-order valence-electron chi connectivity index (χ4n) is 1.71. The van der Waals surface area contributed by atoms with Gasteiger partial charge in [-0.2, -0.15) is 0 Å². The minimum Gasteiger partial charge on any atom is -0.505 e. The van der Waals surface area contributed by atoms with Gasteiger partial charge in [-0.1, -0.05) is 25.4 Å². The molecule has 0 heterocycles. The molecule has 4 N–H and O–H groups in total. The van der Waals surface area contributed by atoms with Gasteiger partial charge in [0.25, 0.3) is 5.91 Å². The highest BCUT2D eigenvalue weighted by atomic mass is 35.5. The molecular formula is C16H19ClN2O2. The monoisotopic (exact) mass is 306 g/mol. The molecule has 112 valence electrons. The highest BCUT2D eigenvalue weighted by Gasteiger charge is 2.14. The van der Waals surface area contributed by atoms with Crippen molar-refractivity contribution in [2.24, 2.45) is 0 Å². The molecular weight excluding hydrogens is 288 g/mol. The summed E-state index contributed by atoms with van der Waals surface area (Å²) in [4.78, 5) is 12.1. The molecule has 2 aromatic rings. The van der Waals surface area contributed by atoms with Crippen molar-refractivity contribution in [3.05, 3.63) is 52.5 Å². The third-order valence-electron chi connectivity index (χ3n) is 2.63. The lowest BCUT2D eigenvalue weighted by Gasteiger charge is -2.09. The molecule has 2 aromatic carbocycles. The maximum Gasteiger partial charge on any atom is 0.259 e. The van der Waals surface area contributed by atoms with Crippen LogP contribution in [-0.2, 0) is 0 Å². The summed E-state index contributed by atoms with van der Waals surface area (Å²) in [5.41, 5.74) is 7.35. The Hall–Kier alpha value is -2.20. The summed E-state index contributed by atoms with van der Waals surface area (Å²) in [6, 6.07) is 9.88. The van der Waals surface area contributed by atoms with Crippen molar-refractivity contribution in [3.8, 4) is 5.75 Å². The number of rotatable bonds is 2. The molecule has 0 saturated heterocycles. The predicted octanol–water partition coefficient (Wildman–Crippen LogP) is 4.21. The number of nitrogens with two attached hydrogens (primary N) is 1. The summed E-state index contributed by atoms with van der Waals surface area (Å²) in [6.07, 6.45) is 0. The van der Waals surface area contributed by atoms with Gasteiger partial charge in [0.2, 0.25) is 0 Å². The predicted molar refractivity (Wildman–Crippen MR) is 88.0 cm³/mol. The van der Waals surface area contributed by atoms with Crippen molar-refractivity contribution in [2.45, 2.75) is 20.8 Å². The topological polar surface area (TPSA) is 75.3 Å². The Labute approximate surface area is 129 Å². The Morgan fingerprint density at radius 2 is 1.76 bits per heavy atom. The molecule has 1 amide bonds. The fourth-order valence-corrected chi connectivity index (χ4v) is 1.84. The average Bonchev–Trinajstić information content (AvgIpc) is 2.47. The van der Waals surface area contributed by atoms with Crippen molar-refractivity contribution in [1.82, 2.24) is 0 Å². The molecule has 0 saturated carbocycles. The Bertz CT molecular complexity index is 625. The molecule has 0 spiro atoms. The number of phenols is 1. The first-order chi connectivity index (χ1) is 9.97. The van der Waals surface area contributed by atoms with E-state index in [9.17, 15) is 9.90 Å². The number of hydrogen-bond donors (Lipinski definition) is 3. The Morgan fingerprint density at radius 1 is 1.19 bits per heavy atom. The van der Waals surface area contributed by atoms with Gasteiger partial charge in [0.1, 0.15) is 0 Å². The van der Waals surface area contributed by atoms with Crippen LogP contribution >= 0.6 is 11.6 Å². The van der Waals surface area contributed by atoms with Gasteiger partial charge < -0.3 is 16.2 Å². The second kappa shape index (κ2) is 7.55.